The average Bonchev–Trinajstić information content (AvgIpc) is 2.50. The van der Waals surface area contributed by atoms with Crippen molar-refractivity contribution in [1.29, 1.82) is 0 Å². The summed E-state index contributed by atoms with van der Waals surface area (Å²) in [6, 6.07) is 15.2. The number of aromatic nitrogens is 1. The molecule has 2 aromatic rings. The van der Waals surface area contributed by atoms with E-state index in [1.807, 2.05) is 25.5 Å². The average molecular weight is 283 g/mol. The van der Waals surface area contributed by atoms with Crippen molar-refractivity contribution in [2.75, 3.05) is 20.6 Å². The molecule has 3 heteroatoms. The first-order valence-electron chi connectivity index (χ1n) is 7.50. The molecule has 1 N–H and O–H groups in total. The van der Waals surface area contributed by atoms with Crippen LogP contribution in [-0.4, -0.2) is 30.5 Å². The van der Waals surface area contributed by atoms with Crippen LogP contribution in [0, 0.1) is 5.92 Å². The van der Waals surface area contributed by atoms with Crippen LogP contribution in [0.4, 0.5) is 0 Å². The first kappa shape index (κ1) is 15.7. The van der Waals surface area contributed by atoms with Gasteiger partial charge < -0.3 is 10.2 Å². The lowest BCUT2D eigenvalue weighted by atomic mass is 9.94. The molecule has 2 rings (SSSR count). The van der Waals surface area contributed by atoms with Gasteiger partial charge in [-0.05, 0) is 37.2 Å². The molecule has 1 aromatic carbocycles. The number of nitrogens with zero attached hydrogens (tertiary/aromatic N) is 2. The van der Waals surface area contributed by atoms with Gasteiger partial charge in [0.05, 0.1) is 0 Å². The Morgan fingerprint density at radius 1 is 1.14 bits per heavy atom. The lowest BCUT2D eigenvalue weighted by molar-refractivity contribution is 0.245. The third-order valence-corrected chi connectivity index (χ3v) is 3.81. The van der Waals surface area contributed by atoms with Gasteiger partial charge in [-0.2, -0.15) is 0 Å². The molecule has 112 valence electrons. The van der Waals surface area contributed by atoms with Crippen molar-refractivity contribution >= 4 is 0 Å². The monoisotopic (exact) mass is 283 g/mol. The zero-order chi connectivity index (χ0) is 15.1. The van der Waals surface area contributed by atoms with Gasteiger partial charge in [0.2, 0.25) is 0 Å². The summed E-state index contributed by atoms with van der Waals surface area (Å²) >= 11 is 0. The lowest BCUT2D eigenvalue weighted by Crippen LogP contribution is -2.32. The Labute approximate surface area is 128 Å². The molecule has 1 aromatic heterocycles. The summed E-state index contributed by atoms with van der Waals surface area (Å²) in [5.74, 6) is 0.527. The molecule has 0 aliphatic heterocycles. The summed E-state index contributed by atoms with van der Waals surface area (Å²) in [6.45, 7) is 4.27. The fourth-order valence-corrected chi connectivity index (χ4v) is 2.90. The SMILES string of the molecule is CNC(c1ccccc1)C(C)CN(C)Cc1cccnc1. The van der Waals surface area contributed by atoms with Gasteiger partial charge in [-0.25, -0.2) is 0 Å². The summed E-state index contributed by atoms with van der Waals surface area (Å²) in [6.07, 6.45) is 3.76. The van der Waals surface area contributed by atoms with Crippen LogP contribution in [-0.2, 0) is 6.54 Å². The number of hydrogen-bond donors (Lipinski definition) is 1. The third-order valence-electron chi connectivity index (χ3n) is 3.81. The molecule has 2 atom stereocenters. The van der Waals surface area contributed by atoms with Crippen molar-refractivity contribution in [3.05, 3.63) is 66.0 Å². The molecule has 3 nitrogen and oxygen atoms in total. The van der Waals surface area contributed by atoms with Gasteiger partial charge in [-0.15, -0.1) is 0 Å². The van der Waals surface area contributed by atoms with Gasteiger partial charge in [0.25, 0.3) is 0 Å². The van der Waals surface area contributed by atoms with E-state index in [-0.39, 0.29) is 0 Å². The van der Waals surface area contributed by atoms with E-state index >= 15 is 0 Å². The van der Waals surface area contributed by atoms with Crippen molar-refractivity contribution < 1.29 is 0 Å². The lowest BCUT2D eigenvalue weighted by Gasteiger charge is -2.28. The Morgan fingerprint density at radius 3 is 2.52 bits per heavy atom. The Hall–Kier alpha value is -1.71. The summed E-state index contributed by atoms with van der Waals surface area (Å²) < 4.78 is 0. The number of nitrogens with one attached hydrogen (secondary N) is 1. The standard InChI is InChI=1S/C18H25N3/c1-15(18(19-2)17-9-5-4-6-10-17)13-21(3)14-16-8-7-11-20-12-16/h4-12,15,18-19H,13-14H2,1-3H3. The fraction of sp³-hybridized carbons (Fsp3) is 0.389. The molecule has 0 fully saturated rings. The van der Waals surface area contributed by atoms with Crippen molar-refractivity contribution in [1.82, 2.24) is 15.2 Å². The number of rotatable bonds is 7. The predicted octanol–water partition coefficient (Wildman–Crippen LogP) is 3.11. The smallest absolute Gasteiger partial charge is 0.0355 e. The zero-order valence-electron chi connectivity index (χ0n) is 13.2. The van der Waals surface area contributed by atoms with E-state index in [9.17, 15) is 0 Å². The summed E-state index contributed by atoms with van der Waals surface area (Å²) in [5, 5.41) is 3.45. The molecule has 0 saturated carbocycles. The summed E-state index contributed by atoms with van der Waals surface area (Å²) in [7, 11) is 4.20. The second-order valence-corrected chi connectivity index (χ2v) is 5.71. The highest BCUT2D eigenvalue weighted by atomic mass is 15.1. The van der Waals surface area contributed by atoms with Gasteiger partial charge >= 0.3 is 0 Å². The first-order chi connectivity index (χ1) is 10.2. The molecule has 0 aliphatic rings. The molecule has 0 spiro atoms. The van der Waals surface area contributed by atoms with Crippen LogP contribution >= 0.6 is 0 Å². The molecule has 21 heavy (non-hydrogen) atoms. The highest BCUT2D eigenvalue weighted by Gasteiger charge is 2.18. The Balaban J connectivity index is 1.94. The van der Waals surface area contributed by atoms with Crippen LogP contribution in [0.3, 0.4) is 0 Å². The van der Waals surface area contributed by atoms with Crippen LogP contribution in [0.2, 0.25) is 0 Å². The van der Waals surface area contributed by atoms with E-state index in [2.05, 4.69) is 65.6 Å². The van der Waals surface area contributed by atoms with Crippen LogP contribution in [0.15, 0.2) is 54.9 Å². The minimum Gasteiger partial charge on any atom is -0.313 e. The van der Waals surface area contributed by atoms with Gasteiger partial charge in [-0.3, -0.25) is 4.98 Å². The third kappa shape index (κ3) is 4.66. The molecular formula is C18H25N3. The van der Waals surface area contributed by atoms with E-state index in [0.29, 0.717) is 12.0 Å². The van der Waals surface area contributed by atoms with E-state index in [4.69, 9.17) is 0 Å². The Morgan fingerprint density at radius 2 is 1.90 bits per heavy atom. The number of benzene rings is 1. The maximum atomic E-state index is 4.18. The van der Waals surface area contributed by atoms with E-state index in [1.54, 1.807) is 0 Å². The molecule has 0 aliphatic carbocycles. The van der Waals surface area contributed by atoms with E-state index in [1.165, 1.54) is 11.1 Å². The molecule has 1 heterocycles. The second-order valence-electron chi connectivity index (χ2n) is 5.71. The molecule has 0 saturated heterocycles. The number of hydrogen-bond acceptors (Lipinski definition) is 3. The van der Waals surface area contributed by atoms with Crippen LogP contribution in [0.25, 0.3) is 0 Å². The first-order valence-corrected chi connectivity index (χ1v) is 7.50. The van der Waals surface area contributed by atoms with E-state index in [0.717, 1.165) is 13.1 Å². The minimum atomic E-state index is 0.377. The molecule has 0 amide bonds. The van der Waals surface area contributed by atoms with Gasteiger partial charge in [0.15, 0.2) is 0 Å². The van der Waals surface area contributed by atoms with E-state index < -0.39 is 0 Å². The van der Waals surface area contributed by atoms with Gasteiger partial charge in [-0.1, -0.05) is 43.3 Å². The van der Waals surface area contributed by atoms with Crippen LogP contribution in [0.1, 0.15) is 24.1 Å². The van der Waals surface area contributed by atoms with Crippen molar-refractivity contribution in [2.45, 2.75) is 19.5 Å². The predicted molar refractivity (Wildman–Crippen MR) is 88.0 cm³/mol. The summed E-state index contributed by atoms with van der Waals surface area (Å²) in [4.78, 5) is 6.53. The quantitative estimate of drug-likeness (QED) is 0.846. The number of pyridine rings is 1. The maximum Gasteiger partial charge on any atom is 0.0355 e. The van der Waals surface area contributed by atoms with Crippen molar-refractivity contribution in [3.63, 3.8) is 0 Å². The Kier molecular flexibility index (Phi) is 5.90. The molecular weight excluding hydrogens is 258 g/mol. The molecule has 2 unspecified atom stereocenters. The second kappa shape index (κ2) is 7.91. The molecule has 0 bridgehead atoms. The maximum absolute atomic E-state index is 4.18. The normalized spacial score (nSPS) is 14.1. The zero-order valence-corrected chi connectivity index (χ0v) is 13.2. The van der Waals surface area contributed by atoms with Crippen LogP contribution in [0.5, 0.6) is 0 Å². The van der Waals surface area contributed by atoms with Crippen molar-refractivity contribution in [2.24, 2.45) is 5.92 Å². The summed E-state index contributed by atoms with van der Waals surface area (Å²) in [5.41, 5.74) is 2.61. The Bertz CT molecular complexity index is 513. The molecule has 0 radical (unpaired) electrons. The van der Waals surface area contributed by atoms with Crippen molar-refractivity contribution in [3.8, 4) is 0 Å². The largest absolute Gasteiger partial charge is 0.313 e. The highest BCUT2D eigenvalue weighted by molar-refractivity contribution is 5.19. The van der Waals surface area contributed by atoms with Crippen LogP contribution < -0.4 is 5.32 Å². The van der Waals surface area contributed by atoms with Gasteiger partial charge in [0.1, 0.15) is 0 Å². The topological polar surface area (TPSA) is 28.2 Å². The highest BCUT2D eigenvalue weighted by Crippen LogP contribution is 2.22. The minimum absolute atomic E-state index is 0.377. The van der Waals surface area contributed by atoms with Gasteiger partial charge in [0, 0.05) is 31.5 Å². The fourth-order valence-electron chi connectivity index (χ4n) is 2.90.